The highest BCUT2D eigenvalue weighted by Crippen LogP contribution is 2.49. The molecule has 0 aliphatic heterocycles. The first kappa shape index (κ1) is 21.2. The monoisotopic (exact) mass is 394 g/mol. The van der Waals surface area contributed by atoms with Gasteiger partial charge < -0.3 is 0 Å². The molecule has 0 nitrogen and oxygen atoms in total. The van der Waals surface area contributed by atoms with Gasteiger partial charge in [0.2, 0.25) is 0 Å². The van der Waals surface area contributed by atoms with Crippen LogP contribution in [0.15, 0.2) is 21.2 Å². The summed E-state index contributed by atoms with van der Waals surface area (Å²) in [5.74, 6) is 0. The number of rotatable bonds is 1. The molecule has 0 amide bonds. The van der Waals surface area contributed by atoms with E-state index >= 15 is 0 Å². The van der Waals surface area contributed by atoms with Gasteiger partial charge in [0.25, 0.3) is 0 Å². The first-order valence-electron chi connectivity index (χ1n) is 4.40. The summed E-state index contributed by atoms with van der Waals surface area (Å²) in [5.41, 5.74) is -7.59. The van der Waals surface area contributed by atoms with Gasteiger partial charge in [-0.2, -0.15) is 52.7 Å². The number of halogens is 14. The van der Waals surface area contributed by atoms with E-state index in [1.165, 1.54) is 0 Å². The standard InChI is InChI=1S/C8Cl2F12/c9-1(3(5(11,12)13)6(14,15)16)2(10)4(7(17,18)19)8(20,21)22. The molecule has 0 bridgehead atoms. The SMILES string of the molecule is FC(F)(F)C(=C(Cl)C(Cl)=C(C(F)(F)F)C(F)(F)F)C(F)(F)F. The fourth-order valence-corrected chi connectivity index (χ4v) is 1.66. The predicted octanol–water partition coefficient (Wildman–Crippen LogP) is 6.22. The molecule has 130 valence electrons. The lowest BCUT2D eigenvalue weighted by molar-refractivity contribution is -0.176. The molecule has 0 unspecified atom stereocenters. The smallest absolute Gasteiger partial charge is 0.166 e. The molecule has 0 aliphatic carbocycles. The second-order valence-corrected chi connectivity index (χ2v) is 4.12. The molecule has 0 saturated carbocycles. The van der Waals surface area contributed by atoms with Crippen LogP contribution in [0.5, 0.6) is 0 Å². The van der Waals surface area contributed by atoms with Gasteiger partial charge in [-0.05, 0) is 0 Å². The molecule has 0 aromatic heterocycles. The molecule has 0 rings (SSSR count). The van der Waals surface area contributed by atoms with Crippen LogP contribution in [0.3, 0.4) is 0 Å². The molecular weight excluding hydrogens is 395 g/mol. The first-order chi connectivity index (χ1) is 9.31. The summed E-state index contributed by atoms with van der Waals surface area (Å²) >= 11 is 8.85. The van der Waals surface area contributed by atoms with Crippen molar-refractivity contribution in [2.45, 2.75) is 24.7 Å². The zero-order valence-electron chi connectivity index (χ0n) is 9.29. The van der Waals surface area contributed by atoms with E-state index in [1.54, 1.807) is 0 Å². The summed E-state index contributed by atoms with van der Waals surface area (Å²) in [4.78, 5) is 0. The Balaban J connectivity index is 6.73. The third-order valence-corrected chi connectivity index (χ3v) is 2.62. The van der Waals surface area contributed by atoms with Gasteiger partial charge in [-0.1, -0.05) is 23.2 Å². The molecule has 22 heavy (non-hydrogen) atoms. The van der Waals surface area contributed by atoms with Crippen LogP contribution in [0.25, 0.3) is 0 Å². The molecule has 0 saturated heterocycles. The Bertz CT molecular complexity index is 405. The third kappa shape index (κ3) is 5.14. The zero-order chi connectivity index (χ0) is 18.3. The van der Waals surface area contributed by atoms with Gasteiger partial charge in [-0.15, -0.1) is 0 Å². The summed E-state index contributed by atoms with van der Waals surface area (Å²) in [6.45, 7) is 0. The average Bonchev–Trinajstić information content (AvgIpc) is 2.06. The Hall–Kier alpha value is -0.780. The summed E-state index contributed by atoms with van der Waals surface area (Å²) < 4.78 is 146. The largest absolute Gasteiger partial charge is 0.422 e. The lowest BCUT2D eigenvalue weighted by atomic mass is 10.1. The van der Waals surface area contributed by atoms with Gasteiger partial charge in [-0.3, -0.25) is 0 Å². The molecule has 0 aliphatic rings. The summed E-state index contributed by atoms with van der Waals surface area (Å²) in [6, 6.07) is 0. The van der Waals surface area contributed by atoms with E-state index in [4.69, 9.17) is 0 Å². The molecule has 14 heteroatoms. The van der Waals surface area contributed by atoms with Gasteiger partial charge in [0.15, 0.2) is 11.1 Å². The quantitative estimate of drug-likeness (QED) is 0.365. The molecule has 0 fully saturated rings. The van der Waals surface area contributed by atoms with Gasteiger partial charge in [-0.25, -0.2) is 0 Å². The molecule has 0 N–H and O–H groups in total. The maximum absolute atomic E-state index is 12.2. The third-order valence-electron chi connectivity index (χ3n) is 1.77. The normalized spacial score (nSPS) is 13.9. The molecule has 0 spiro atoms. The highest BCUT2D eigenvalue weighted by atomic mass is 35.5. The van der Waals surface area contributed by atoms with E-state index in [2.05, 4.69) is 23.2 Å². The van der Waals surface area contributed by atoms with Gasteiger partial charge in [0.05, 0.1) is 10.1 Å². The molecule has 0 aromatic rings. The van der Waals surface area contributed by atoms with Crippen LogP contribution in [0.4, 0.5) is 52.7 Å². The lowest BCUT2D eigenvalue weighted by Crippen LogP contribution is -2.30. The predicted molar refractivity (Wildman–Crippen MR) is 50.0 cm³/mol. The molecule has 0 aromatic carbocycles. The van der Waals surface area contributed by atoms with Gasteiger partial charge >= 0.3 is 24.7 Å². The summed E-state index contributed by atoms with van der Waals surface area (Å²) in [7, 11) is 0. The van der Waals surface area contributed by atoms with E-state index in [9.17, 15) is 52.7 Å². The Labute approximate surface area is 123 Å². The minimum absolute atomic E-state index is 2.97. The number of hydrogen-bond acceptors (Lipinski definition) is 0. The second-order valence-electron chi connectivity index (χ2n) is 3.37. The fraction of sp³-hybridized carbons (Fsp3) is 0.500. The molecule has 0 radical (unpaired) electrons. The van der Waals surface area contributed by atoms with E-state index in [0.717, 1.165) is 0 Å². The van der Waals surface area contributed by atoms with Crippen molar-refractivity contribution in [1.29, 1.82) is 0 Å². The van der Waals surface area contributed by atoms with Crippen LogP contribution in [0.1, 0.15) is 0 Å². The Kier molecular flexibility index (Phi) is 5.81. The fourth-order valence-electron chi connectivity index (χ4n) is 1.04. The molecule has 0 atom stereocenters. The van der Waals surface area contributed by atoms with Crippen molar-refractivity contribution in [2.24, 2.45) is 0 Å². The number of allylic oxidation sites excluding steroid dienone is 4. The van der Waals surface area contributed by atoms with E-state index in [-0.39, 0.29) is 0 Å². The summed E-state index contributed by atoms with van der Waals surface area (Å²) in [6.07, 6.45) is -25.6. The van der Waals surface area contributed by atoms with Crippen molar-refractivity contribution in [3.8, 4) is 0 Å². The molecular formula is C8Cl2F12. The van der Waals surface area contributed by atoms with E-state index < -0.39 is 45.9 Å². The minimum atomic E-state index is -6.39. The van der Waals surface area contributed by atoms with Crippen molar-refractivity contribution in [1.82, 2.24) is 0 Å². The Morgan fingerprint density at radius 3 is 0.636 bits per heavy atom. The van der Waals surface area contributed by atoms with Crippen LogP contribution in [0, 0.1) is 0 Å². The van der Waals surface area contributed by atoms with Crippen molar-refractivity contribution < 1.29 is 52.7 Å². The maximum atomic E-state index is 12.2. The Morgan fingerprint density at radius 2 is 0.545 bits per heavy atom. The van der Waals surface area contributed by atoms with Gasteiger partial charge in [0.1, 0.15) is 0 Å². The van der Waals surface area contributed by atoms with Gasteiger partial charge in [0, 0.05) is 0 Å². The zero-order valence-corrected chi connectivity index (χ0v) is 10.8. The summed E-state index contributed by atoms with van der Waals surface area (Å²) in [5, 5.41) is -5.93. The van der Waals surface area contributed by atoms with Crippen LogP contribution >= 0.6 is 23.2 Å². The van der Waals surface area contributed by atoms with Crippen molar-refractivity contribution in [3.63, 3.8) is 0 Å². The minimum Gasteiger partial charge on any atom is -0.166 e. The molecule has 0 heterocycles. The topological polar surface area (TPSA) is 0 Å². The van der Waals surface area contributed by atoms with Crippen molar-refractivity contribution in [3.05, 3.63) is 21.2 Å². The number of alkyl halides is 12. The van der Waals surface area contributed by atoms with Crippen LogP contribution in [0.2, 0.25) is 0 Å². The highest BCUT2D eigenvalue weighted by molar-refractivity contribution is 6.44. The van der Waals surface area contributed by atoms with Crippen LogP contribution in [-0.2, 0) is 0 Å². The highest BCUT2D eigenvalue weighted by Gasteiger charge is 2.57. The second kappa shape index (κ2) is 6.02. The van der Waals surface area contributed by atoms with E-state index in [0.29, 0.717) is 0 Å². The lowest BCUT2D eigenvalue weighted by Gasteiger charge is -2.20. The average molecular weight is 395 g/mol. The maximum Gasteiger partial charge on any atom is 0.422 e. The van der Waals surface area contributed by atoms with E-state index in [1.807, 2.05) is 0 Å². The van der Waals surface area contributed by atoms with Crippen molar-refractivity contribution in [2.75, 3.05) is 0 Å². The Morgan fingerprint density at radius 1 is 0.409 bits per heavy atom. The van der Waals surface area contributed by atoms with Crippen molar-refractivity contribution >= 4 is 23.2 Å². The number of hydrogen-bond donors (Lipinski definition) is 0. The first-order valence-corrected chi connectivity index (χ1v) is 5.15. The van der Waals surface area contributed by atoms with Crippen LogP contribution in [-0.4, -0.2) is 24.7 Å². The van der Waals surface area contributed by atoms with Crippen LogP contribution < -0.4 is 0 Å².